The Morgan fingerprint density at radius 3 is 2.73 bits per heavy atom. The van der Waals surface area contributed by atoms with Crippen LogP contribution in [-0.2, 0) is 22.5 Å². The van der Waals surface area contributed by atoms with Crippen LogP contribution in [0.5, 0.6) is 0 Å². The molecule has 1 saturated heterocycles. The molecule has 0 spiro atoms. The number of ether oxygens (including phenoxy) is 1. The fourth-order valence-electron chi connectivity index (χ4n) is 3.24. The molecular formula is C18H24Cl2N4O2. The van der Waals surface area contributed by atoms with Crippen LogP contribution >= 0.6 is 24.8 Å². The Morgan fingerprint density at radius 1 is 1.23 bits per heavy atom. The molecule has 1 fully saturated rings. The van der Waals surface area contributed by atoms with E-state index in [1.54, 1.807) is 0 Å². The van der Waals surface area contributed by atoms with Crippen LogP contribution in [0.1, 0.15) is 18.7 Å². The van der Waals surface area contributed by atoms with E-state index in [0.29, 0.717) is 19.8 Å². The number of benzene rings is 1. The van der Waals surface area contributed by atoms with E-state index in [9.17, 15) is 4.79 Å². The van der Waals surface area contributed by atoms with Crippen LogP contribution in [-0.4, -0.2) is 41.3 Å². The number of morpholine rings is 1. The van der Waals surface area contributed by atoms with E-state index in [0.717, 1.165) is 29.9 Å². The number of rotatable bonds is 3. The maximum atomic E-state index is 12.2. The molecule has 0 aliphatic carbocycles. The summed E-state index contributed by atoms with van der Waals surface area (Å²) in [6, 6.07) is 7.59. The first-order valence-electron chi connectivity index (χ1n) is 8.58. The van der Waals surface area contributed by atoms with Crippen LogP contribution in [0.2, 0.25) is 0 Å². The number of fused-ring (bicyclic) bond motifs is 1. The number of amides is 1. The molecule has 4 rings (SSSR count). The fourth-order valence-corrected chi connectivity index (χ4v) is 3.24. The zero-order chi connectivity index (χ0) is 16.4. The van der Waals surface area contributed by atoms with Crippen molar-refractivity contribution in [2.75, 3.05) is 25.1 Å². The van der Waals surface area contributed by atoms with Crippen LogP contribution in [0.4, 0.5) is 5.69 Å². The minimum Gasteiger partial charge on any atom is -0.378 e. The summed E-state index contributed by atoms with van der Waals surface area (Å²) in [6.45, 7) is 2.85. The number of nitrogens with zero attached hydrogens (tertiary/aromatic N) is 2. The van der Waals surface area contributed by atoms with Crippen LogP contribution in [0.3, 0.4) is 0 Å². The summed E-state index contributed by atoms with van der Waals surface area (Å²) < 4.78 is 7.58. The van der Waals surface area contributed by atoms with E-state index in [1.165, 1.54) is 18.7 Å². The molecule has 2 aliphatic heterocycles. The third-order valence-electron chi connectivity index (χ3n) is 4.59. The zero-order valence-electron chi connectivity index (χ0n) is 14.4. The maximum Gasteiger partial charge on any atom is 0.243 e. The Hall–Kier alpha value is -1.60. The Morgan fingerprint density at radius 2 is 2.04 bits per heavy atom. The van der Waals surface area contributed by atoms with Gasteiger partial charge >= 0.3 is 0 Å². The van der Waals surface area contributed by atoms with Crippen molar-refractivity contribution in [2.45, 2.75) is 31.8 Å². The molecule has 1 aromatic heterocycles. The largest absolute Gasteiger partial charge is 0.378 e. The summed E-state index contributed by atoms with van der Waals surface area (Å²) >= 11 is 0. The number of hydrogen-bond donors (Lipinski definition) is 2. The third kappa shape index (κ3) is 4.57. The van der Waals surface area contributed by atoms with Crippen LogP contribution < -0.4 is 10.6 Å². The first kappa shape index (κ1) is 20.7. The van der Waals surface area contributed by atoms with E-state index in [2.05, 4.69) is 21.4 Å². The van der Waals surface area contributed by atoms with Crippen molar-refractivity contribution < 1.29 is 9.53 Å². The number of carbonyl (C=O) groups is 1. The van der Waals surface area contributed by atoms with E-state index < -0.39 is 0 Å². The van der Waals surface area contributed by atoms with Gasteiger partial charge in [-0.3, -0.25) is 4.79 Å². The molecule has 0 saturated carbocycles. The fraction of sp³-hybridized carbons (Fsp3) is 0.444. The van der Waals surface area contributed by atoms with Crippen molar-refractivity contribution >= 4 is 36.4 Å². The summed E-state index contributed by atoms with van der Waals surface area (Å²) in [4.78, 5) is 16.9. The Balaban J connectivity index is 0.00000121. The quantitative estimate of drug-likeness (QED) is 0.833. The van der Waals surface area contributed by atoms with Gasteiger partial charge < -0.3 is 19.9 Å². The number of imidazole rings is 1. The van der Waals surface area contributed by atoms with Crippen LogP contribution in [0, 0.1) is 0 Å². The predicted octanol–water partition coefficient (Wildman–Crippen LogP) is 2.66. The van der Waals surface area contributed by atoms with Gasteiger partial charge in [0.1, 0.15) is 11.9 Å². The molecule has 1 atom stereocenters. The lowest BCUT2D eigenvalue weighted by Crippen LogP contribution is -2.48. The SMILES string of the molecule is Cl.Cl.O=C(Nc1ccc(-c2cn3c(n2)CCCC3)cc1)C1COCCN1. The molecule has 6 nitrogen and oxygen atoms in total. The number of anilines is 1. The number of carbonyl (C=O) groups excluding carboxylic acids is 1. The topological polar surface area (TPSA) is 68.2 Å². The highest BCUT2D eigenvalue weighted by molar-refractivity contribution is 5.95. The minimum atomic E-state index is -0.279. The van der Waals surface area contributed by atoms with Gasteiger partial charge in [-0.25, -0.2) is 4.98 Å². The van der Waals surface area contributed by atoms with Gasteiger partial charge in [0.15, 0.2) is 0 Å². The Kier molecular flexibility index (Phi) is 7.46. The van der Waals surface area contributed by atoms with Crippen molar-refractivity contribution in [3.05, 3.63) is 36.3 Å². The van der Waals surface area contributed by atoms with Gasteiger partial charge in [-0.05, 0) is 25.0 Å². The minimum absolute atomic E-state index is 0. The number of nitrogens with one attached hydrogen (secondary N) is 2. The number of aromatic nitrogens is 2. The molecule has 8 heteroatoms. The average molecular weight is 399 g/mol. The number of hydrogen-bond acceptors (Lipinski definition) is 4. The van der Waals surface area contributed by atoms with Crippen molar-refractivity contribution in [3.8, 4) is 11.3 Å². The first-order valence-corrected chi connectivity index (χ1v) is 8.58. The van der Waals surface area contributed by atoms with Crippen molar-refractivity contribution in [3.63, 3.8) is 0 Å². The molecule has 1 aromatic carbocycles. The second kappa shape index (κ2) is 9.37. The number of aryl methyl sites for hydroxylation is 2. The van der Waals surface area contributed by atoms with E-state index in [1.807, 2.05) is 24.3 Å². The van der Waals surface area contributed by atoms with Gasteiger partial charge in [0.25, 0.3) is 0 Å². The van der Waals surface area contributed by atoms with E-state index >= 15 is 0 Å². The van der Waals surface area contributed by atoms with Crippen molar-refractivity contribution in [1.82, 2.24) is 14.9 Å². The predicted molar refractivity (Wildman–Crippen MR) is 106 cm³/mol. The summed E-state index contributed by atoms with van der Waals surface area (Å²) in [7, 11) is 0. The Labute approximate surface area is 165 Å². The lowest BCUT2D eigenvalue weighted by molar-refractivity contribution is -0.120. The molecule has 0 radical (unpaired) electrons. The first-order chi connectivity index (χ1) is 11.8. The lowest BCUT2D eigenvalue weighted by Gasteiger charge is -2.22. The van der Waals surface area contributed by atoms with Crippen molar-refractivity contribution in [1.29, 1.82) is 0 Å². The highest BCUT2D eigenvalue weighted by Crippen LogP contribution is 2.24. The van der Waals surface area contributed by atoms with E-state index in [-0.39, 0.29) is 36.8 Å². The molecule has 1 unspecified atom stereocenters. The summed E-state index contributed by atoms with van der Waals surface area (Å²) in [6.07, 6.45) is 5.64. The van der Waals surface area contributed by atoms with Gasteiger partial charge in [-0.1, -0.05) is 12.1 Å². The van der Waals surface area contributed by atoms with Crippen molar-refractivity contribution in [2.24, 2.45) is 0 Å². The smallest absolute Gasteiger partial charge is 0.243 e. The standard InChI is InChI=1S/C18H22N4O2.2ClH/c23-18(16-12-24-10-8-19-16)20-14-6-4-13(5-7-14)15-11-22-9-2-1-3-17(22)21-15;;/h4-7,11,16,19H,1-3,8-10,12H2,(H,20,23);2*1H. The average Bonchev–Trinajstić information content (AvgIpc) is 3.07. The molecule has 1 amide bonds. The van der Waals surface area contributed by atoms with Gasteiger partial charge in [0.2, 0.25) is 5.91 Å². The molecule has 2 N–H and O–H groups in total. The zero-order valence-corrected chi connectivity index (χ0v) is 16.1. The molecule has 142 valence electrons. The van der Waals surface area contributed by atoms with Crippen LogP contribution in [0.25, 0.3) is 11.3 Å². The van der Waals surface area contributed by atoms with Gasteiger partial charge in [-0.15, -0.1) is 24.8 Å². The summed E-state index contributed by atoms with van der Waals surface area (Å²) in [5.74, 6) is 1.12. The normalized spacial score (nSPS) is 18.8. The third-order valence-corrected chi connectivity index (χ3v) is 4.59. The monoisotopic (exact) mass is 398 g/mol. The summed E-state index contributed by atoms with van der Waals surface area (Å²) in [5, 5.41) is 6.09. The second-order valence-electron chi connectivity index (χ2n) is 6.34. The Bertz CT molecular complexity index is 704. The maximum absolute atomic E-state index is 12.2. The molecular weight excluding hydrogens is 375 g/mol. The highest BCUT2D eigenvalue weighted by atomic mass is 35.5. The molecule has 26 heavy (non-hydrogen) atoms. The van der Waals surface area contributed by atoms with Gasteiger partial charge in [-0.2, -0.15) is 0 Å². The summed E-state index contributed by atoms with van der Waals surface area (Å²) in [5.41, 5.74) is 2.88. The number of halogens is 2. The second-order valence-corrected chi connectivity index (χ2v) is 6.34. The van der Waals surface area contributed by atoms with E-state index in [4.69, 9.17) is 9.72 Å². The van der Waals surface area contributed by atoms with Gasteiger partial charge in [0, 0.05) is 37.0 Å². The molecule has 3 heterocycles. The van der Waals surface area contributed by atoms with Crippen LogP contribution in [0.15, 0.2) is 30.5 Å². The molecule has 0 bridgehead atoms. The molecule has 2 aliphatic rings. The lowest BCUT2D eigenvalue weighted by atomic mass is 10.1. The van der Waals surface area contributed by atoms with Gasteiger partial charge in [0.05, 0.1) is 18.9 Å². The highest BCUT2D eigenvalue weighted by Gasteiger charge is 2.21. The molecule has 2 aromatic rings.